The predicted octanol–water partition coefficient (Wildman–Crippen LogP) is 1.07. The molecule has 1 aromatic rings. The first kappa shape index (κ1) is 12.1. The Labute approximate surface area is 101 Å². The molecular weight excluding hydrogens is 218 g/mol. The highest BCUT2D eigenvalue weighted by Crippen LogP contribution is 2.20. The highest BCUT2D eigenvalue weighted by Gasteiger charge is 2.22. The topological polar surface area (TPSA) is 58.4 Å². The van der Waals surface area contributed by atoms with Crippen molar-refractivity contribution in [3.8, 4) is 0 Å². The number of hydrogen-bond donors (Lipinski definition) is 1. The molecule has 0 amide bonds. The molecule has 2 heterocycles. The van der Waals surface area contributed by atoms with Gasteiger partial charge in [0.2, 0.25) is 0 Å². The summed E-state index contributed by atoms with van der Waals surface area (Å²) in [6.07, 6.45) is 6.01. The zero-order valence-corrected chi connectivity index (χ0v) is 9.96. The molecule has 1 aliphatic heterocycles. The average Bonchev–Trinajstić information content (AvgIpc) is 2.95. The van der Waals surface area contributed by atoms with Crippen LogP contribution in [0.4, 0.5) is 0 Å². The van der Waals surface area contributed by atoms with Crippen molar-refractivity contribution in [2.75, 3.05) is 19.6 Å². The van der Waals surface area contributed by atoms with Crippen LogP contribution in [-0.2, 0) is 11.3 Å². The standard InChI is InChI=1S/C12H19N3O2/c16-12(17)3-2-11-4-7-14(10-11)8-9-15-6-1-5-13-15/h1,5-6,11H,2-4,7-10H2,(H,16,17). The Morgan fingerprint density at radius 2 is 2.35 bits per heavy atom. The van der Waals surface area contributed by atoms with Crippen LogP contribution < -0.4 is 0 Å². The van der Waals surface area contributed by atoms with Gasteiger partial charge in [-0.3, -0.25) is 9.48 Å². The zero-order chi connectivity index (χ0) is 12.1. The number of carboxylic acid groups (broad SMARTS) is 1. The van der Waals surface area contributed by atoms with Crippen molar-refractivity contribution in [1.82, 2.24) is 14.7 Å². The van der Waals surface area contributed by atoms with Gasteiger partial charge in [0.25, 0.3) is 0 Å². The first-order valence-electron chi connectivity index (χ1n) is 6.15. The maximum Gasteiger partial charge on any atom is 0.303 e. The molecule has 0 aliphatic carbocycles. The lowest BCUT2D eigenvalue weighted by atomic mass is 10.0. The van der Waals surface area contributed by atoms with E-state index in [9.17, 15) is 4.79 Å². The third-order valence-corrected chi connectivity index (χ3v) is 3.34. The van der Waals surface area contributed by atoms with Crippen LogP contribution >= 0.6 is 0 Å². The van der Waals surface area contributed by atoms with E-state index in [1.165, 1.54) is 0 Å². The summed E-state index contributed by atoms with van der Waals surface area (Å²) >= 11 is 0. The Kier molecular flexibility index (Phi) is 4.14. The predicted molar refractivity (Wildman–Crippen MR) is 63.6 cm³/mol. The Hall–Kier alpha value is -1.36. The van der Waals surface area contributed by atoms with E-state index < -0.39 is 5.97 Å². The molecule has 2 rings (SSSR count). The molecular formula is C12H19N3O2. The Balaban J connectivity index is 1.65. The average molecular weight is 237 g/mol. The molecule has 1 aromatic heterocycles. The second kappa shape index (κ2) is 5.82. The fourth-order valence-corrected chi connectivity index (χ4v) is 2.36. The maximum absolute atomic E-state index is 10.5. The molecule has 1 fully saturated rings. The Morgan fingerprint density at radius 3 is 3.06 bits per heavy atom. The molecule has 5 nitrogen and oxygen atoms in total. The summed E-state index contributed by atoms with van der Waals surface area (Å²) in [6, 6.07) is 1.93. The van der Waals surface area contributed by atoms with E-state index in [0.717, 1.165) is 39.0 Å². The van der Waals surface area contributed by atoms with Crippen molar-refractivity contribution >= 4 is 5.97 Å². The number of aliphatic carboxylic acids is 1. The van der Waals surface area contributed by atoms with Gasteiger partial charge in [-0.2, -0.15) is 5.10 Å². The number of hydrogen-bond acceptors (Lipinski definition) is 3. The summed E-state index contributed by atoms with van der Waals surface area (Å²) in [6.45, 7) is 4.05. The fraction of sp³-hybridized carbons (Fsp3) is 0.667. The van der Waals surface area contributed by atoms with Gasteiger partial charge in [0.05, 0.1) is 6.54 Å². The second-order valence-corrected chi connectivity index (χ2v) is 4.66. The largest absolute Gasteiger partial charge is 0.481 e. The summed E-state index contributed by atoms with van der Waals surface area (Å²) in [5.41, 5.74) is 0. The molecule has 1 aliphatic rings. The lowest BCUT2D eigenvalue weighted by Gasteiger charge is -2.15. The number of carboxylic acids is 1. The van der Waals surface area contributed by atoms with Crippen molar-refractivity contribution in [3.63, 3.8) is 0 Å². The van der Waals surface area contributed by atoms with Gasteiger partial charge in [0.15, 0.2) is 0 Å². The smallest absolute Gasteiger partial charge is 0.303 e. The third kappa shape index (κ3) is 3.85. The van der Waals surface area contributed by atoms with Gasteiger partial charge in [-0.05, 0) is 31.4 Å². The van der Waals surface area contributed by atoms with E-state index in [0.29, 0.717) is 12.3 Å². The molecule has 0 saturated carbocycles. The van der Waals surface area contributed by atoms with Crippen LogP contribution in [0.5, 0.6) is 0 Å². The first-order chi connectivity index (χ1) is 8.24. The normalized spacial score (nSPS) is 20.8. The van der Waals surface area contributed by atoms with Crippen LogP contribution in [0.2, 0.25) is 0 Å². The minimum absolute atomic E-state index is 0.303. The van der Waals surface area contributed by atoms with Gasteiger partial charge in [-0.15, -0.1) is 0 Å². The van der Waals surface area contributed by atoms with Crippen LogP contribution in [0.1, 0.15) is 19.3 Å². The van der Waals surface area contributed by atoms with Gasteiger partial charge < -0.3 is 10.0 Å². The van der Waals surface area contributed by atoms with E-state index >= 15 is 0 Å². The summed E-state index contributed by atoms with van der Waals surface area (Å²) in [7, 11) is 0. The molecule has 0 radical (unpaired) electrons. The Bertz CT molecular complexity index is 351. The van der Waals surface area contributed by atoms with Crippen molar-refractivity contribution in [1.29, 1.82) is 0 Å². The van der Waals surface area contributed by atoms with Gasteiger partial charge in [0.1, 0.15) is 0 Å². The van der Waals surface area contributed by atoms with Crippen molar-refractivity contribution in [2.45, 2.75) is 25.8 Å². The number of aromatic nitrogens is 2. The van der Waals surface area contributed by atoms with Crippen molar-refractivity contribution in [3.05, 3.63) is 18.5 Å². The molecule has 0 bridgehead atoms. The first-order valence-corrected chi connectivity index (χ1v) is 6.15. The number of carbonyl (C=O) groups is 1. The Morgan fingerprint density at radius 1 is 1.47 bits per heavy atom. The summed E-state index contributed by atoms with van der Waals surface area (Å²) in [5.74, 6) is -0.122. The minimum atomic E-state index is -0.681. The van der Waals surface area contributed by atoms with Gasteiger partial charge >= 0.3 is 5.97 Å². The summed E-state index contributed by atoms with van der Waals surface area (Å²) < 4.78 is 1.94. The highest BCUT2D eigenvalue weighted by molar-refractivity contribution is 5.66. The zero-order valence-electron chi connectivity index (χ0n) is 9.96. The lowest BCUT2D eigenvalue weighted by Crippen LogP contribution is -2.25. The van der Waals surface area contributed by atoms with Gasteiger partial charge in [0, 0.05) is 31.9 Å². The molecule has 0 spiro atoms. The summed E-state index contributed by atoms with van der Waals surface area (Å²) in [4.78, 5) is 12.9. The van der Waals surface area contributed by atoms with Gasteiger partial charge in [-0.1, -0.05) is 0 Å². The molecule has 1 unspecified atom stereocenters. The van der Waals surface area contributed by atoms with E-state index in [1.54, 1.807) is 6.20 Å². The second-order valence-electron chi connectivity index (χ2n) is 4.66. The lowest BCUT2D eigenvalue weighted by molar-refractivity contribution is -0.137. The minimum Gasteiger partial charge on any atom is -0.481 e. The van der Waals surface area contributed by atoms with Crippen LogP contribution in [0, 0.1) is 5.92 Å². The quantitative estimate of drug-likeness (QED) is 0.804. The SMILES string of the molecule is O=C(O)CCC1CCN(CCn2cccn2)C1. The number of rotatable bonds is 6. The maximum atomic E-state index is 10.5. The van der Waals surface area contributed by atoms with Crippen LogP contribution in [0.15, 0.2) is 18.5 Å². The van der Waals surface area contributed by atoms with Crippen LogP contribution in [-0.4, -0.2) is 45.4 Å². The molecule has 1 N–H and O–H groups in total. The van der Waals surface area contributed by atoms with Gasteiger partial charge in [-0.25, -0.2) is 0 Å². The molecule has 0 aromatic carbocycles. The molecule has 94 valence electrons. The van der Waals surface area contributed by atoms with Crippen LogP contribution in [0.3, 0.4) is 0 Å². The van der Waals surface area contributed by atoms with E-state index in [4.69, 9.17) is 5.11 Å². The van der Waals surface area contributed by atoms with E-state index in [-0.39, 0.29) is 0 Å². The van der Waals surface area contributed by atoms with E-state index in [1.807, 2.05) is 16.9 Å². The highest BCUT2D eigenvalue weighted by atomic mass is 16.4. The van der Waals surface area contributed by atoms with E-state index in [2.05, 4.69) is 10.00 Å². The molecule has 1 atom stereocenters. The van der Waals surface area contributed by atoms with Crippen molar-refractivity contribution in [2.24, 2.45) is 5.92 Å². The third-order valence-electron chi connectivity index (χ3n) is 3.34. The number of likely N-dealkylation sites (tertiary alicyclic amines) is 1. The fourth-order valence-electron chi connectivity index (χ4n) is 2.36. The number of nitrogens with zero attached hydrogens (tertiary/aromatic N) is 3. The molecule has 5 heteroatoms. The molecule has 17 heavy (non-hydrogen) atoms. The van der Waals surface area contributed by atoms with Crippen molar-refractivity contribution < 1.29 is 9.90 Å². The molecule has 1 saturated heterocycles. The summed E-state index contributed by atoms with van der Waals surface area (Å²) in [5, 5.41) is 12.8. The monoisotopic (exact) mass is 237 g/mol. The van der Waals surface area contributed by atoms with Crippen LogP contribution in [0.25, 0.3) is 0 Å².